The van der Waals surface area contributed by atoms with Gasteiger partial charge in [0, 0.05) is 33.9 Å². The van der Waals surface area contributed by atoms with Crippen molar-refractivity contribution in [1.29, 1.82) is 0 Å². The van der Waals surface area contributed by atoms with E-state index >= 15 is 0 Å². The molecule has 0 N–H and O–H groups in total. The quantitative estimate of drug-likeness (QED) is 0.159. The van der Waals surface area contributed by atoms with E-state index in [0.717, 1.165) is 83.3 Å². The maximum atomic E-state index is 5.17. The number of allylic oxidation sites excluding steroid dienone is 11. The van der Waals surface area contributed by atoms with E-state index in [2.05, 4.69) is 161 Å². The minimum atomic E-state index is 0.000743. The lowest BCUT2D eigenvalue weighted by molar-refractivity contribution is 0.745. The maximum absolute atomic E-state index is 5.17. The largest absolute Gasteiger partial charge is 0.323 e. The minimum absolute atomic E-state index is 0.000743. The standard InChI is InChI=1S/C47H40N6/c1-48-41-23-10-13-26-44(41)53-32-52(42-24-11-8-21-39(42)40-22-9-12-25-43(40)53)38-29-27-35(28-30-38)46-49-45(34-17-6-3-7-18-34)50-47(51-46)37-20-14-19-36(31-37)33-15-4-2-5-16-33/h4,6,8-27,29-31,35H,1-3,5,7,28,32H2. The Labute approximate surface area is 311 Å². The monoisotopic (exact) mass is 688 g/mol. The van der Waals surface area contributed by atoms with Gasteiger partial charge in [-0.05, 0) is 86.4 Å². The second kappa shape index (κ2) is 14.3. The Morgan fingerprint density at radius 1 is 0.585 bits per heavy atom. The molecule has 6 heteroatoms. The first-order valence-corrected chi connectivity index (χ1v) is 18.5. The van der Waals surface area contributed by atoms with Crippen molar-refractivity contribution in [1.82, 2.24) is 15.0 Å². The molecule has 1 atom stereocenters. The zero-order valence-corrected chi connectivity index (χ0v) is 29.6. The number of fused-ring (bicyclic) bond motifs is 3. The van der Waals surface area contributed by atoms with Crippen LogP contribution < -0.4 is 9.80 Å². The molecule has 53 heavy (non-hydrogen) atoms. The first-order valence-electron chi connectivity index (χ1n) is 18.5. The van der Waals surface area contributed by atoms with Gasteiger partial charge in [0.1, 0.15) is 12.5 Å². The van der Waals surface area contributed by atoms with Crippen LogP contribution in [0.3, 0.4) is 0 Å². The van der Waals surface area contributed by atoms with Crippen molar-refractivity contribution in [3.63, 3.8) is 0 Å². The summed E-state index contributed by atoms with van der Waals surface area (Å²) >= 11 is 0. The Balaban J connectivity index is 1.08. The van der Waals surface area contributed by atoms with E-state index in [4.69, 9.17) is 15.0 Å². The highest BCUT2D eigenvalue weighted by atomic mass is 15.3. The Hall–Kier alpha value is -6.40. The number of anilines is 3. The van der Waals surface area contributed by atoms with Crippen LogP contribution in [0.5, 0.6) is 0 Å². The smallest absolute Gasteiger partial charge is 0.163 e. The van der Waals surface area contributed by atoms with Gasteiger partial charge in [0.2, 0.25) is 0 Å². The molecule has 0 bridgehead atoms. The van der Waals surface area contributed by atoms with Gasteiger partial charge in [0.25, 0.3) is 0 Å². The lowest BCUT2D eigenvalue weighted by atomic mass is 9.96. The van der Waals surface area contributed by atoms with Crippen molar-refractivity contribution in [2.45, 2.75) is 38.0 Å². The van der Waals surface area contributed by atoms with Crippen molar-refractivity contribution in [3.05, 3.63) is 175 Å². The van der Waals surface area contributed by atoms with Crippen LogP contribution in [-0.4, -0.2) is 28.3 Å². The van der Waals surface area contributed by atoms with Gasteiger partial charge in [0.05, 0.1) is 22.7 Å². The maximum Gasteiger partial charge on any atom is 0.163 e. The molecule has 1 aliphatic heterocycles. The highest BCUT2D eigenvalue weighted by Crippen LogP contribution is 2.46. The summed E-state index contributed by atoms with van der Waals surface area (Å²) in [6.07, 6.45) is 25.2. The number of benzene rings is 4. The predicted octanol–water partition coefficient (Wildman–Crippen LogP) is 11.5. The predicted molar refractivity (Wildman–Crippen MR) is 220 cm³/mol. The number of aromatic nitrogens is 3. The van der Waals surface area contributed by atoms with E-state index in [1.54, 1.807) is 0 Å². The molecule has 0 saturated heterocycles. The molecule has 0 spiro atoms. The first kappa shape index (κ1) is 32.5. The van der Waals surface area contributed by atoms with Crippen LogP contribution in [-0.2, 0) is 0 Å². The van der Waals surface area contributed by atoms with Crippen LogP contribution in [0.25, 0.3) is 33.7 Å². The van der Waals surface area contributed by atoms with Crippen molar-refractivity contribution in [3.8, 4) is 22.5 Å². The minimum Gasteiger partial charge on any atom is -0.323 e. The van der Waals surface area contributed by atoms with Gasteiger partial charge in [-0.15, -0.1) is 0 Å². The molecule has 0 amide bonds. The van der Waals surface area contributed by atoms with Crippen LogP contribution in [0, 0.1) is 0 Å². The van der Waals surface area contributed by atoms with E-state index in [1.807, 2.05) is 12.1 Å². The summed E-state index contributed by atoms with van der Waals surface area (Å²) in [5.74, 6) is 2.23. The number of aliphatic imine (C=N–C) groups is 1. The fourth-order valence-corrected chi connectivity index (χ4v) is 7.68. The molecular weight excluding hydrogens is 649 g/mol. The Morgan fingerprint density at radius 3 is 1.94 bits per heavy atom. The van der Waals surface area contributed by atoms with E-state index in [-0.39, 0.29) is 5.92 Å². The highest BCUT2D eigenvalue weighted by Gasteiger charge is 2.29. The van der Waals surface area contributed by atoms with E-state index in [9.17, 15) is 0 Å². The Kier molecular flexibility index (Phi) is 8.78. The normalized spacial score (nSPS) is 17.7. The summed E-state index contributed by atoms with van der Waals surface area (Å²) < 4.78 is 0. The van der Waals surface area contributed by atoms with Crippen LogP contribution in [0.4, 0.5) is 22.7 Å². The highest BCUT2D eigenvalue weighted by molar-refractivity contribution is 5.93. The topological polar surface area (TPSA) is 57.5 Å². The summed E-state index contributed by atoms with van der Waals surface area (Å²) in [6.45, 7) is 4.50. The number of para-hydroxylation sites is 4. The average Bonchev–Trinajstić information content (AvgIpc) is 3.39. The molecule has 4 aromatic carbocycles. The molecule has 9 rings (SSSR count). The first-order chi connectivity index (χ1) is 26.2. The molecule has 258 valence electrons. The lowest BCUT2D eigenvalue weighted by Gasteiger charge is -2.34. The summed E-state index contributed by atoms with van der Waals surface area (Å²) in [4.78, 5) is 24.5. The van der Waals surface area contributed by atoms with E-state index < -0.39 is 0 Å². The zero-order valence-electron chi connectivity index (χ0n) is 29.6. The SMILES string of the molecule is C=Nc1ccccc1N1CN(C2=CCC(c3nc(C4=CCCC=C4)nc(-c4cccc(C5=CCCC=C5)c4)n3)C=C2)c2ccccc2-c2ccccc21. The van der Waals surface area contributed by atoms with Gasteiger partial charge in [-0.3, -0.25) is 4.99 Å². The molecule has 6 nitrogen and oxygen atoms in total. The molecule has 4 aliphatic rings. The van der Waals surface area contributed by atoms with Gasteiger partial charge < -0.3 is 9.80 Å². The third-order valence-corrected chi connectivity index (χ3v) is 10.4. The van der Waals surface area contributed by atoms with Crippen LogP contribution >= 0.6 is 0 Å². The second-order valence-electron chi connectivity index (χ2n) is 13.7. The lowest BCUT2D eigenvalue weighted by Crippen LogP contribution is -2.34. The van der Waals surface area contributed by atoms with Crippen LogP contribution in [0.1, 0.15) is 55.2 Å². The van der Waals surface area contributed by atoms with Gasteiger partial charge in [-0.1, -0.05) is 115 Å². The Morgan fingerprint density at radius 2 is 1.25 bits per heavy atom. The zero-order chi connectivity index (χ0) is 35.6. The summed E-state index contributed by atoms with van der Waals surface area (Å²) in [6, 6.07) is 34.1. The molecule has 0 radical (unpaired) electrons. The van der Waals surface area contributed by atoms with Gasteiger partial charge in [0.15, 0.2) is 11.6 Å². The number of hydrogen-bond donors (Lipinski definition) is 0. The second-order valence-corrected chi connectivity index (χ2v) is 13.7. The summed E-state index contributed by atoms with van der Waals surface area (Å²) in [7, 11) is 0. The molecule has 0 saturated carbocycles. The van der Waals surface area contributed by atoms with Gasteiger partial charge in [-0.25, -0.2) is 15.0 Å². The third kappa shape index (κ3) is 6.38. The fraction of sp³-hybridized carbons (Fsp3) is 0.149. The average molecular weight is 689 g/mol. The fourth-order valence-electron chi connectivity index (χ4n) is 7.68. The Bertz CT molecular complexity index is 2410. The molecule has 1 unspecified atom stereocenters. The number of hydrogen-bond acceptors (Lipinski definition) is 6. The number of nitrogens with zero attached hydrogens (tertiary/aromatic N) is 6. The van der Waals surface area contributed by atoms with Crippen LogP contribution in [0.15, 0.2) is 162 Å². The van der Waals surface area contributed by atoms with Crippen LogP contribution in [0.2, 0.25) is 0 Å². The molecule has 0 fully saturated rings. The third-order valence-electron chi connectivity index (χ3n) is 10.4. The van der Waals surface area contributed by atoms with Crippen molar-refractivity contribution in [2.24, 2.45) is 4.99 Å². The van der Waals surface area contributed by atoms with E-state index in [0.29, 0.717) is 12.5 Å². The molecule has 5 aromatic rings. The molecule has 3 aliphatic carbocycles. The molecule has 1 aromatic heterocycles. The van der Waals surface area contributed by atoms with Gasteiger partial charge in [-0.2, -0.15) is 0 Å². The number of rotatable bonds is 7. The summed E-state index contributed by atoms with van der Waals surface area (Å²) in [5.41, 5.74) is 12.1. The molecular formula is C47H40N6. The summed E-state index contributed by atoms with van der Waals surface area (Å²) in [5, 5.41) is 0. The van der Waals surface area contributed by atoms with E-state index in [1.165, 1.54) is 22.3 Å². The van der Waals surface area contributed by atoms with Crippen molar-refractivity contribution < 1.29 is 0 Å². The van der Waals surface area contributed by atoms with Gasteiger partial charge >= 0.3 is 0 Å². The molecule has 2 heterocycles. The van der Waals surface area contributed by atoms with Crippen molar-refractivity contribution >= 4 is 40.6 Å². The van der Waals surface area contributed by atoms with Crippen molar-refractivity contribution in [2.75, 3.05) is 16.5 Å².